The Hall–Kier alpha value is -0.580. The van der Waals surface area contributed by atoms with Crippen molar-refractivity contribution in [3.8, 4) is 0 Å². The van der Waals surface area contributed by atoms with Gasteiger partial charge in [-0.25, -0.2) is 0 Å². The molecule has 6 aliphatic rings. The van der Waals surface area contributed by atoms with Gasteiger partial charge in [0.25, 0.3) is 0 Å². The van der Waals surface area contributed by atoms with Crippen LogP contribution in [0.1, 0.15) is 0 Å². The maximum Gasteiger partial charge on any atom is 0.673 e. The molecule has 256 valence electrons. The van der Waals surface area contributed by atoms with E-state index in [1.54, 1.807) is 0 Å². The maximum atomic E-state index is 13.5. The topological polar surface area (TPSA) is 0 Å². The minimum absolute atomic E-state index is 0.198. The summed E-state index contributed by atoms with van der Waals surface area (Å²) in [4.78, 5) is 0. The van der Waals surface area contributed by atoms with Crippen LogP contribution < -0.4 is 0 Å². The van der Waals surface area contributed by atoms with Crippen LogP contribution in [0.2, 0.25) is 0 Å². The lowest BCUT2D eigenvalue weighted by Crippen LogP contribution is -2.71. The number of nitrogens with zero attached hydrogens (tertiary/aromatic N) is 4. The van der Waals surface area contributed by atoms with Crippen LogP contribution in [-0.2, 0) is 0 Å². The minimum Gasteiger partial charge on any atom is -0.418 e. The van der Waals surface area contributed by atoms with E-state index in [0.29, 0.717) is 51.3 Å². The van der Waals surface area contributed by atoms with Gasteiger partial charge in [0.15, 0.2) is 51.3 Å². The quantitative estimate of drug-likeness (QED) is 0.0753. The standard InChI is InChI=1S/2C7H14ClFN2.4BF4/c2*8-7-10-1-4-11(9,5-2-10)6-3-10;4*2-1(3,4)5/h2*1-7H2;;;;/q2*+2;4*-1. The molecule has 6 fully saturated rings. The van der Waals surface area contributed by atoms with Crippen LogP contribution >= 0.6 is 23.2 Å². The van der Waals surface area contributed by atoms with Gasteiger partial charge in [0, 0.05) is 0 Å². The zero-order chi connectivity index (χ0) is 33.9. The Labute approximate surface area is 239 Å². The van der Waals surface area contributed by atoms with Crippen molar-refractivity contribution in [3.05, 3.63) is 0 Å². The number of alkyl halides is 2. The lowest BCUT2D eigenvalue weighted by molar-refractivity contribution is -1.15. The molecule has 0 aliphatic carbocycles. The number of rotatable bonds is 2. The third-order valence-electron chi connectivity index (χ3n) is 6.36. The van der Waals surface area contributed by atoms with Crippen molar-refractivity contribution >= 4 is 52.2 Å². The number of piperazine rings is 6. The molecule has 4 nitrogen and oxygen atoms in total. The minimum atomic E-state index is -6.00. The summed E-state index contributed by atoms with van der Waals surface area (Å²) < 4.78 is 185. The van der Waals surface area contributed by atoms with Gasteiger partial charge in [0.05, 0.1) is 0 Å². The van der Waals surface area contributed by atoms with Crippen molar-refractivity contribution in [2.75, 3.05) is 90.5 Å². The van der Waals surface area contributed by atoms with Crippen LogP contribution in [-0.4, -0.2) is 138 Å². The third kappa shape index (κ3) is 25.9. The first-order valence-corrected chi connectivity index (χ1v) is 12.9. The van der Waals surface area contributed by atoms with Crippen LogP contribution in [0.3, 0.4) is 0 Å². The van der Waals surface area contributed by atoms with E-state index in [2.05, 4.69) is 0 Å². The zero-order valence-electron chi connectivity index (χ0n) is 21.6. The lowest BCUT2D eigenvalue weighted by Gasteiger charge is -2.48. The summed E-state index contributed by atoms with van der Waals surface area (Å²) in [5.41, 5.74) is 0. The molecule has 0 aromatic heterocycles. The van der Waals surface area contributed by atoms with Crippen LogP contribution in [0.15, 0.2) is 0 Å². The molecule has 6 rings (SSSR count). The molecule has 28 heteroatoms. The Morgan fingerprint density at radius 2 is 0.452 bits per heavy atom. The molecule has 0 spiro atoms. The van der Waals surface area contributed by atoms with Crippen LogP contribution in [0.5, 0.6) is 0 Å². The van der Waals surface area contributed by atoms with Crippen molar-refractivity contribution in [2.24, 2.45) is 0 Å². The lowest BCUT2D eigenvalue weighted by atomic mass is 10.2. The zero-order valence-corrected chi connectivity index (χ0v) is 23.1. The first kappa shape index (κ1) is 43.5. The molecule has 6 aliphatic heterocycles. The molecule has 42 heavy (non-hydrogen) atoms. The van der Waals surface area contributed by atoms with Gasteiger partial charge < -0.3 is 69.1 Å². The smallest absolute Gasteiger partial charge is 0.418 e. The predicted molar refractivity (Wildman–Crippen MR) is 124 cm³/mol. The van der Waals surface area contributed by atoms with Crippen molar-refractivity contribution in [3.63, 3.8) is 0 Å². The van der Waals surface area contributed by atoms with E-state index in [9.17, 15) is 78.0 Å². The molecule has 0 saturated carbocycles. The molecule has 4 bridgehead atoms. The van der Waals surface area contributed by atoms with E-state index >= 15 is 0 Å². The molecule has 0 radical (unpaired) electrons. The highest BCUT2D eigenvalue weighted by molar-refractivity contribution is 6.50. The second-order valence-corrected chi connectivity index (χ2v) is 10.1. The van der Waals surface area contributed by atoms with Crippen molar-refractivity contribution < 1.29 is 96.4 Å². The highest BCUT2D eigenvalue weighted by Crippen LogP contribution is 2.28. The second-order valence-electron chi connectivity index (χ2n) is 9.64. The fourth-order valence-corrected chi connectivity index (χ4v) is 4.77. The van der Waals surface area contributed by atoms with Gasteiger partial charge in [-0.05, 0) is 8.96 Å². The summed E-state index contributed by atoms with van der Waals surface area (Å²) in [6.45, 7) is 9.62. The van der Waals surface area contributed by atoms with Gasteiger partial charge in [0.1, 0.15) is 39.3 Å². The largest absolute Gasteiger partial charge is 0.673 e. The molecule has 0 unspecified atom stereocenters. The normalized spacial score (nSPS) is 31.7. The van der Waals surface area contributed by atoms with Gasteiger partial charge >= 0.3 is 29.0 Å². The van der Waals surface area contributed by atoms with E-state index in [4.69, 9.17) is 23.2 Å². The molecule has 0 amide bonds. The average Bonchev–Trinajstić information content (AvgIpc) is 2.77. The van der Waals surface area contributed by atoms with E-state index in [-0.39, 0.29) is 9.41 Å². The average molecular weight is 709 g/mol. The summed E-state index contributed by atoms with van der Waals surface area (Å²) >= 11 is 11.7. The predicted octanol–water partition coefficient (Wildman–Crippen LogP) is 6.66. The highest BCUT2D eigenvalue weighted by atomic mass is 35.5. The number of hydrogen-bond donors (Lipinski definition) is 0. The SMILES string of the molecule is F[B-](F)(F)F.F[B-](F)(F)F.F[B-](F)(F)F.F[B-](F)(F)F.F[N+]12CC[N+](CCl)(CC1)CC2.F[N+]12CC[N+](CCl)(CC1)CC2. The van der Waals surface area contributed by atoms with Gasteiger partial charge in [-0.1, -0.05) is 23.2 Å². The van der Waals surface area contributed by atoms with Gasteiger partial charge in [-0.2, -0.15) is 0 Å². The first-order chi connectivity index (χ1) is 18.4. The first-order valence-electron chi connectivity index (χ1n) is 11.8. The summed E-state index contributed by atoms with van der Waals surface area (Å²) in [5, 5.41) is 0. The molecule has 0 N–H and O–H groups in total. The Balaban J connectivity index is 0. The Bertz CT molecular complexity index is 613. The molecular formula is C14H28B4Cl2F18N4. The van der Waals surface area contributed by atoms with Gasteiger partial charge in [0.2, 0.25) is 0 Å². The molecular weight excluding hydrogens is 680 g/mol. The summed E-state index contributed by atoms with van der Waals surface area (Å²) in [7, 11) is -24.0. The molecule has 0 aromatic rings. The molecule has 0 aromatic carbocycles. The maximum absolute atomic E-state index is 13.5. The van der Waals surface area contributed by atoms with Crippen molar-refractivity contribution in [1.82, 2.24) is 0 Å². The van der Waals surface area contributed by atoms with Crippen molar-refractivity contribution in [1.29, 1.82) is 0 Å². The molecule has 0 atom stereocenters. The summed E-state index contributed by atoms with van der Waals surface area (Å²) in [6, 6.07) is 1.33. The number of quaternary nitrogens is 4. The third-order valence-corrected chi connectivity index (χ3v) is 7.37. The van der Waals surface area contributed by atoms with E-state index in [1.165, 1.54) is 0 Å². The Kier molecular flexibility index (Phi) is 17.3. The van der Waals surface area contributed by atoms with Crippen LogP contribution in [0.4, 0.5) is 78.0 Å². The van der Waals surface area contributed by atoms with Gasteiger partial charge in [-0.15, -0.1) is 9.41 Å². The second kappa shape index (κ2) is 16.6. The Morgan fingerprint density at radius 1 is 0.333 bits per heavy atom. The summed E-state index contributed by atoms with van der Waals surface area (Å²) in [6.07, 6.45) is 0. The van der Waals surface area contributed by atoms with Crippen LogP contribution in [0, 0.1) is 0 Å². The fourth-order valence-electron chi connectivity index (χ4n) is 4.05. The molecule has 6 heterocycles. The van der Waals surface area contributed by atoms with Crippen molar-refractivity contribution in [2.45, 2.75) is 0 Å². The van der Waals surface area contributed by atoms with E-state index in [1.807, 2.05) is 0 Å². The number of fused-ring (bicyclic) bond motifs is 6. The number of halogens is 20. The monoisotopic (exact) mass is 708 g/mol. The van der Waals surface area contributed by atoms with Gasteiger partial charge in [-0.3, -0.25) is 8.97 Å². The Morgan fingerprint density at radius 3 is 0.548 bits per heavy atom. The van der Waals surface area contributed by atoms with E-state index in [0.717, 1.165) is 48.2 Å². The van der Waals surface area contributed by atoms with E-state index < -0.39 is 29.0 Å². The fraction of sp³-hybridized carbons (Fsp3) is 1.00. The number of hydrogen-bond acceptors (Lipinski definition) is 0. The molecule has 6 saturated heterocycles. The van der Waals surface area contributed by atoms with Crippen LogP contribution in [0.25, 0.3) is 0 Å². The summed E-state index contributed by atoms with van der Waals surface area (Å²) in [5.74, 6) is 0. The highest BCUT2D eigenvalue weighted by Gasteiger charge is 2.51.